The number of allylic oxidation sites excluding steroid dienone is 1. The number of oxazole rings is 1. The molecular weight excluding hydrogens is 484 g/mol. The van der Waals surface area contributed by atoms with E-state index in [1.54, 1.807) is 33.1 Å². The molecule has 0 radical (unpaired) electrons. The molecule has 1 aromatic heterocycles. The van der Waals surface area contributed by atoms with Gasteiger partial charge in [0, 0.05) is 19.3 Å². The maximum absolute atomic E-state index is 13.7. The maximum atomic E-state index is 13.7. The molecule has 1 aromatic rings. The molecule has 2 aliphatic heterocycles. The van der Waals surface area contributed by atoms with Crippen molar-refractivity contribution in [3.63, 3.8) is 0 Å². The average Bonchev–Trinajstić information content (AvgIpc) is 3.29. The molecule has 1 amide bonds. The summed E-state index contributed by atoms with van der Waals surface area (Å²) < 4.78 is 11.4. The minimum atomic E-state index is -1.21. The summed E-state index contributed by atoms with van der Waals surface area (Å²) in [6.07, 6.45) is 6.97. The first kappa shape index (κ1) is 30.3. The first-order chi connectivity index (χ1) is 17.8. The fourth-order valence-corrected chi connectivity index (χ4v) is 5.58. The van der Waals surface area contributed by atoms with Gasteiger partial charge in [0.05, 0.1) is 41.8 Å². The van der Waals surface area contributed by atoms with E-state index in [4.69, 9.17) is 9.15 Å². The van der Waals surface area contributed by atoms with Gasteiger partial charge in [-0.25, -0.2) is 4.98 Å². The van der Waals surface area contributed by atoms with E-state index >= 15 is 0 Å². The molecule has 8 heteroatoms. The van der Waals surface area contributed by atoms with Crippen LogP contribution < -0.4 is 5.32 Å². The second-order valence-electron chi connectivity index (χ2n) is 12.1. The lowest BCUT2D eigenvalue weighted by Gasteiger charge is -2.36. The topological polar surface area (TPSA) is 125 Å². The molecule has 38 heavy (non-hydrogen) atoms. The number of ether oxygens (including phenoxy) is 1. The standard InChI is InChI=1S/C30H46N2O6/c1-8-9-12-22-27(35)18(2)11-10-13-30(7)25(38-30)15-23(19(3)14-21-17-37-20(4)31-21)32-26(34)16-24(33)29(5,6)28(22)36/h8,14,17-18,22-25,27,33,35H,1,9-13,15-16H2,2-7H3,(H,32,34)/t18-,22+,23-,24-,25?,27+,30?/m0/s1. The summed E-state index contributed by atoms with van der Waals surface area (Å²) in [4.78, 5) is 31.2. The highest BCUT2D eigenvalue weighted by molar-refractivity contribution is 5.88. The van der Waals surface area contributed by atoms with Crippen molar-refractivity contribution in [1.29, 1.82) is 0 Å². The van der Waals surface area contributed by atoms with Crippen molar-refractivity contribution in [3.8, 4) is 0 Å². The Morgan fingerprint density at radius 3 is 2.63 bits per heavy atom. The van der Waals surface area contributed by atoms with Crippen LogP contribution in [0, 0.1) is 24.2 Å². The summed E-state index contributed by atoms with van der Waals surface area (Å²) in [6.45, 7) is 14.9. The molecule has 0 aromatic carbocycles. The number of fused-ring (bicyclic) bond motifs is 1. The van der Waals surface area contributed by atoms with Gasteiger partial charge < -0.3 is 24.7 Å². The van der Waals surface area contributed by atoms with E-state index < -0.39 is 23.5 Å². The molecule has 3 heterocycles. The van der Waals surface area contributed by atoms with Crippen molar-refractivity contribution < 1.29 is 29.0 Å². The molecule has 3 N–H and O–H groups in total. The molecule has 0 aliphatic carbocycles. The summed E-state index contributed by atoms with van der Waals surface area (Å²) in [5, 5.41) is 25.4. The second-order valence-corrected chi connectivity index (χ2v) is 12.1. The van der Waals surface area contributed by atoms with Gasteiger partial charge in [-0.1, -0.05) is 33.3 Å². The van der Waals surface area contributed by atoms with Gasteiger partial charge in [0.15, 0.2) is 5.89 Å². The van der Waals surface area contributed by atoms with E-state index in [9.17, 15) is 19.8 Å². The minimum Gasteiger partial charge on any atom is -0.449 e. The number of aliphatic hydroxyl groups is 2. The average molecular weight is 531 g/mol. The third-order valence-electron chi connectivity index (χ3n) is 8.58. The fourth-order valence-electron chi connectivity index (χ4n) is 5.58. The zero-order valence-corrected chi connectivity index (χ0v) is 23.8. The number of aryl methyl sites for hydroxylation is 1. The molecule has 0 spiro atoms. The van der Waals surface area contributed by atoms with Crippen LogP contribution >= 0.6 is 0 Å². The third-order valence-corrected chi connectivity index (χ3v) is 8.58. The highest BCUT2D eigenvalue weighted by Crippen LogP contribution is 2.44. The number of amides is 1. The van der Waals surface area contributed by atoms with E-state index in [1.807, 2.05) is 19.9 Å². The van der Waals surface area contributed by atoms with Crippen molar-refractivity contribution >= 4 is 17.8 Å². The van der Waals surface area contributed by atoms with Gasteiger partial charge in [0.2, 0.25) is 5.91 Å². The predicted octanol–water partition coefficient (Wildman–Crippen LogP) is 4.53. The number of aliphatic hydroxyl groups excluding tert-OH is 2. The molecule has 212 valence electrons. The van der Waals surface area contributed by atoms with Crippen molar-refractivity contribution in [3.05, 3.63) is 36.1 Å². The van der Waals surface area contributed by atoms with Gasteiger partial charge in [0.1, 0.15) is 17.7 Å². The highest BCUT2D eigenvalue weighted by Gasteiger charge is 2.52. The summed E-state index contributed by atoms with van der Waals surface area (Å²) in [5.41, 5.74) is 0.0645. The Hall–Kier alpha value is -2.29. The van der Waals surface area contributed by atoms with Crippen molar-refractivity contribution in [2.75, 3.05) is 0 Å². The maximum Gasteiger partial charge on any atom is 0.223 e. The number of carbonyl (C=O) groups excluding carboxylic acids is 2. The monoisotopic (exact) mass is 530 g/mol. The third kappa shape index (κ3) is 7.21. The molecule has 2 unspecified atom stereocenters. The van der Waals surface area contributed by atoms with Gasteiger partial charge in [-0.2, -0.15) is 0 Å². The summed E-state index contributed by atoms with van der Waals surface area (Å²) in [6, 6.07) is -0.327. The summed E-state index contributed by atoms with van der Waals surface area (Å²) in [7, 11) is 0. The van der Waals surface area contributed by atoms with Crippen LogP contribution in [0.1, 0.15) is 91.1 Å². The second kappa shape index (κ2) is 12.3. The number of hydrogen-bond acceptors (Lipinski definition) is 7. The minimum absolute atomic E-state index is 0.0217. The Morgan fingerprint density at radius 2 is 2.00 bits per heavy atom. The first-order valence-corrected chi connectivity index (χ1v) is 13.9. The number of rotatable bonds is 5. The fraction of sp³-hybridized carbons (Fsp3) is 0.700. The van der Waals surface area contributed by atoms with E-state index in [0.29, 0.717) is 30.8 Å². The highest BCUT2D eigenvalue weighted by atomic mass is 16.6. The largest absolute Gasteiger partial charge is 0.449 e. The lowest BCUT2D eigenvalue weighted by molar-refractivity contribution is -0.144. The van der Waals surface area contributed by atoms with Crippen LogP contribution in [0.5, 0.6) is 0 Å². The quantitative estimate of drug-likeness (QED) is 0.377. The molecule has 0 saturated carbocycles. The first-order valence-electron chi connectivity index (χ1n) is 13.9. The van der Waals surface area contributed by atoms with E-state index in [1.165, 1.54) is 0 Å². The number of nitrogens with one attached hydrogen (secondary N) is 1. The lowest BCUT2D eigenvalue weighted by Crippen LogP contribution is -2.48. The normalized spacial score (nSPS) is 35.3. The van der Waals surface area contributed by atoms with Crippen molar-refractivity contribution in [2.24, 2.45) is 17.3 Å². The Bertz CT molecular complexity index is 1030. The molecular formula is C30H46N2O6. The molecule has 0 bridgehead atoms. The number of nitrogens with zero attached hydrogens (tertiary/aromatic N) is 1. The van der Waals surface area contributed by atoms with Crippen LogP contribution in [0.4, 0.5) is 0 Å². The Labute approximate surface area is 226 Å². The Balaban J connectivity index is 1.88. The van der Waals surface area contributed by atoms with Crippen LogP contribution in [0.25, 0.3) is 6.08 Å². The van der Waals surface area contributed by atoms with E-state index in [-0.39, 0.29) is 41.8 Å². The van der Waals surface area contributed by atoms with Crippen molar-refractivity contribution in [2.45, 2.75) is 116 Å². The Morgan fingerprint density at radius 1 is 1.29 bits per heavy atom. The van der Waals surface area contributed by atoms with E-state index in [2.05, 4.69) is 23.8 Å². The predicted molar refractivity (Wildman–Crippen MR) is 146 cm³/mol. The number of ketones is 1. The number of epoxide rings is 1. The molecule has 2 fully saturated rings. The molecule has 7 atom stereocenters. The van der Waals surface area contributed by atoms with Crippen LogP contribution in [0.2, 0.25) is 0 Å². The van der Waals surface area contributed by atoms with Crippen LogP contribution in [-0.2, 0) is 14.3 Å². The summed E-state index contributed by atoms with van der Waals surface area (Å²) in [5.74, 6) is -0.753. The van der Waals surface area contributed by atoms with Crippen molar-refractivity contribution in [1.82, 2.24) is 10.3 Å². The zero-order chi connectivity index (χ0) is 28.3. The SMILES string of the molecule is C=CCC[C@H]1C(=O)C(C)(C)[C@@H](O)CC(=O)N[C@H](C(C)=Cc2coc(C)n2)CC2OC2(C)CCC[C@H](C)[C@H]1O. The number of Topliss-reactive ketones (excluding diaryl/α,β-unsaturated/α-hetero) is 1. The molecule has 2 saturated heterocycles. The van der Waals surface area contributed by atoms with Crippen LogP contribution in [0.3, 0.4) is 0 Å². The van der Waals surface area contributed by atoms with Gasteiger partial charge in [-0.3, -0.25) is 9.59 Å². The van der Waals surface area contributed by atoms with Crippen LogP contribution in [0.15, 0.2) is 28.9 Å². The van der Waals surface area contributed by atoms with Gasteiger partial charge in [-0.05, 0) is 57.1 Å². The molecule has 2 aliphatic rings. The molecule has 8 nitrogen and oxygen atoms in total. The number of carbonyl (C=O) groups is 2. The van der Waals surface area contributed by atoms with Gasteiger partial charge >= 0.3 is 0 Å². The van der Waals surface area contributed by atoms with Gasteiger partial charge in [0.25, 0.3) is 0 Å². The lowest BCUT2D eigenvalue weighted by atomic mass is 9.71. The van der Waals surface area contributed by atoms with Gasteiger partial charge in [-0.15, -0.1) is 6.58 Å². The number of aromatic nitrogens is 1. The zero-order valence-electron chi connectivity index (χ0n) is 23.8. The molecule has 3 rings (SSSR count). The smallest absolute Gasteiger partial charge is 0.223 e. The van der Waals surface area contributed by atoms with E-state index in [0.717, 1.165) is 24.8 Å². The number of hydrogen-bond donors (Lipinski definition) is 3. The summed E-state index contributed by atoms with van der Waals surface area (Å²) >= 11 is 0. The van der Waals surface area contributed by atoms with Crippen LogP contribution in [-0.4, -0.2) is 56.8 Å². The Kier molecular flexibility index (Phi) is 9.76.